The molecule has 0 saturated carbocycles. The molecule has 23 heavy (non-hydrogen) atoms. The average molecular weight is 332 g/mol. The van der Waals surface area contributed by atoms with Gasteiger partial charge < -0.3 is 23.7 Å². The molecule has 3 atom stereocenters. The van der Waals surface area contributed by atoms with Crippen LogP contribution >= 0.6 is 0 Å². The van der Waals surface area contributed by atoms with Crippen molar-refractivity contribution >= 4 is 11.9 Å². The molecule has 0 aromatic rings. The first-order chi connectivity index (χ1) is 11.0. The second-order valence-electron chi connectivity index (χ2n) is 5.90. The normalized spacial score (nSPS) is 24.0. The highest BCUT2D eigenvalue weighted by Gasteiger charge is 2.30. The van der Waals surface area contributed by atoms with Gasteiger partial charge in [-0.3, -0.25) is 9.59 Å². The van der Waals surface area contributed by atoms with Gasteiger partial charge in [-0.15, -0.1) is 0 Å². The Balaban J connectivity index is 2.20. The molecule has 0 spiro atoms. The molecule has 2 unspecified atom stereocenters. The highest BCUT2D eigenvalue weighted by molar-refractivity contribution is 5.77. The summed E-state index contributed by atoms with van der Waals surface area (Å²) in [5.74, 6) is -0.529. The number of esters is 2. The zero-order valence-corrected chi connectivity index (χ0v) is 14.4. The standard InChI is InChI=1S/C16H28O7/c1-11-7-12(2)22-14(11)10-21-15(17)5-6-16(18)23-13(8-19-3)9-20-4/h11-14H,5-10H2,1-4H3/t11?,12?,14-/m0/s1. The van der Waals surface area contributed by atoms with E-state index in [1.165, 1.54) is 14.2 Å². The maximum Gasteiger partial charge on any atom is 0.306 e. The molecule has 0 aliphatic carbocycles. The molecule has 0 radical (unpaired) electrons. The number of hydrogen-bond acceptors (Lipinski definition) is 7. The molecule has 1 aliphatic rings. The minimum absolute atomic E-state index is 0.0117. The van der Waals surface area contributed by atoms with Crippen molar-refractivity contribution in [3.63, 3.8) is 0 Å². The summed E-state index contributed by atoms with van der Waals surface area (Å²) >= 11 is 0. The number of ether oxygens (including phenoxy) is 5. The molecule has 0 N–H and O–H groups in total. The van der Waals surface area contributed by atoms with Crippen molar-refractivity contribution in [1.82, 2.24) is 0 Å². The molecule has 1 fully saturated rings. The summed E-state index contributed by atoms with van der Waals surface area (Å²) in [6, 6.07) is 0. The smallest absolute Gasteiger partial charge is 0.306 e. The molecule has 1 heterocycles. The Kier molecular flexibility index (Phi) is 9.13. The van der Waals surface area contributed by atoms with E-state index in [9.17, 15) is 9.59 Å². The summed E-state index contributed by atoms with van der Waals surface area (Å²) in [6.07, 6.45) is 0.593. The lowest BCUT2D eigenvalue weighted by atomic mass is 10.0. The van der Waals surface area contributed by atoms with Gasteiger partial charge in [-0.05, 0) is 19.3 Å². The minimum atomic E-state index is -0.472. The van der Waals surface area contributed by atoms with Crippen LogP contribution in [0.1, 0.15) is 33.1 Å². The molecular formula is C16H28O7. The Bertz CT molecular complexity index is 365. The molecule has 134 valence electrons. The zero-order chi connectivity index (χ0) is 17.2. The number of rotatable bonds is 10. The van der Waals surface area contributed by atoms with Gasteiger partial charge in [-0.1, -0.05) is 6.92 Å². The SMILES string of the molecule is COCC(COC)OC(=O)CCC(=O)OC[C@@H]1OC(C)CC1C. The van der Waals surface area contributed by atoms with Crippen molar-refractivity contribution in [1.29, 1.82) is 0 Å². The monoisotopic (exact) mass is 332 g/mol. The van der Waals surface area contributed by atoms with Crippen molar-refractivity contribution in [2.45, 2.75) is 51.4 Å². The van der Waals surface area contributed by atoms with Crippen LogP contribution in [0.5, 0.6) is 0 Å². The molecule has 0 aromatic heterocycles. The summed E-state index contributed by atoms with van der Waals surface area (Å²) in [5.41, 5.74) is 0. The maximum atomic E-state index is 11.7. The van der Waals surface area contributed by atoms with Gasteiger partial charge in [0.05, 0.1) is 38.3 Å². The van der Waals surface area contributed by atoms with Crippen molar-refractivity contribution in [3.05, 3.63) is 0 Å². The molecule has 1 rings (SSSR count). The molecule has 7 nitrogen and oxygen atoms in total. The Morgan fingerprint density at radius 1 is 1.09 bits per heavy atom. The van der Waals surface area contributed by atoms with Crippen LogP contribution in [0.15, 0.2) is 0 Å². The van der Waals surface area contributed by atoms with Gasteiger partial charge in [0.25, 0.3) is 0 Å². The fourth-order valence-corrected chi connectivity index (χ4v) is 2.55. The van der Waals surface area contributed by atoms with Gasteiger partial charge in [0, 0.05) is 14.2 Å². The van der Waals surface area contributed by atoms with Crippen LogP contribution < -0.4 is 0 Å². The Labute approximate surface area is 137 Å². The first-order valence-electron chi connectivity index (χ1n) is 7.94. The van der Waals surface area contributed by atoms with Gasteiger partial charge >= 0.3 is 11.9 Å². The van der Waals surface area contributed by atoms with E-state index in [0.29, 0.717) is 5.92 Å². The quantitative estimate of drug-likeness (QED) is 0.558. The fraction of sp³-hybridized carbons (Fsp3) is 0.875. The maximum absolute atomic E-state index is 11.7. The van der Waals surface area contributed by atoms with E-state index in [2.05, 4.69) is 6.92 Å². The second-order valence-corrected chi connectivity index (χ2v) is 5.90. The third-order valence-electron chi connectivity index (χ3n) is 3.69. The third kappa shape index (κ3) is 7.76. The van der Waals surface area contributed by atoms with E-state index in [1.807, 2.05) is 6.92 Å². The van der Waals surface area contributed by atoms with Crippen molar-refractivity contribution in [2.75, 3.05) is 34.0 Å². The van der Waals surface area contributed by atoms with E-state index in [0.717, 1.165) is 6.42 Å². The van der Waals surface area contributed by atoms with Crippen molar-refractivity contribution < 1.29 is 33.3 Å². The summed E-state index contributed by atoms with van der Waals surface area (Å²) in [6.45, 7) is 4.81. The lowest BCUT2D eigenvalue weighted by molar-refractivity contribution is -0.158. The van der Waals surface area contributed by atoms with Crippen molar-refractivity contribution in [3.8, 4) is 0 Å². The van der Waals surface area contributed by atoms with Gasteiger partial charge in [0.2, 0.25) is 0 Å². The molecule has 0 aromatic carbocycles. The Hall–Kier alpha value is -1.18. The minimum Gasteiger partial charge on any atom is -0.463 e. The van der Waals surface area contributed by atoms with E-state index in [4.69, 9.17) is 23.7 Å². The predicted octanol–water partition coefficient (Wildman–Crippen LogP) is 1.33. The van der Waals surface area contributed by atoms with Crippen LogP contribution in [-0.4, -0.2) is 64.3 Å². The molecule has 1 aliphatic heterocycles. The van der Waals surface area contributed by atoms with Crippen LogP contribution in [0.25, 0.3) is 0 Å². The van der Waals surface area contributed by atoms with E-state index < -0.39 is 18.0 Å². The van der Waals surface area contributed by atoms with Crippen LogP contribution in [0.2, 0.25) is 0 Å². The summed E-state index contributed by atoms with van der Waals surface area (Å²) in [7, 11) is 3.03. The van der Waals surface area contributed by atoms with E-state index >= 15 is 0 Å². The molecule has 1 saturated heterocycles. The lowest BCUT2D eigenvalue weighted by Gasteiger charge is -2.16. The molecular weight excluding hydrogens is 304 g/mol. The zero-order valence-electron chi connectivity index (χ0n) is 14.4. The Morgan fingerprint density at radius 2 is 1.70 bits per heavy atom. The number of methoxy groups -OCH3 is 2. The first-order valence-corrected chi connectivity index (χ1v) is 7.94. The lowest BCUT2D eigenvalue weighted by Crippen LogP contribution is -2.28. The highest BCUT2D eigenvalue weighted by Crippen LogP contribution is 2.25. The van der Waals surface area contributed by atoms with E-state index in [1.54, 1.807) is 0 Å². The molecule has 0 bridgehead atoms. The van der Waals surface area contributed by atoms with Gasteiger partial charge in [0.1, 0.15) is 12.7 Å². The number of carbonyl (C=O) groups is 2. The van der Waals surface area contributed by atoms with Gasteiger partial charge in [-0.2, -0.15) is 0 Å². The van der Waals surface area contributed by atoms with E-state index in [-0.39, 0.29) is 44.9 Å². The van der Waals surface area contributed by atoms with Crippen LogP contribution in [-0.2, 0) is 33.3 Å². The largest absolute Gasteiger partial charge is 0.463 e. The second kappa shape index (κ2) is 10.6. The molecule has 0 amide bonds. The summed E-state index contributed by atoms with van der Waals surface area (Å²) in [5, 5.41) is 0. The van der Waals surface area contributed by atoms with Crippen LogP contribution in [0, 0.1) is 5.92 Å². The van der Waals surface area contributed by atoms with Crippen molar-refractivity contribution in [2.24, 2.45) is 5.92 Å². The van der Waals surface area contributed by atoms with Crippen LogP contribution in [0.3, 0.4) is 0 Å². The highest BCUT2D eigenvalue weighted by atomic mass is 16.6. The number of carbonyl (C=O) groups excluding carboxylic acids is 2. The summed E-state index contributed by atoms with van der Waals surface area (Å²) < 4.78 is 25.9. The first kappa shape index (κ1) is 19.9. The number of hydrogen-bond donors (Lipinski definition) is 0. The van der Waals surface area contributed by atoms with Gasteiger partial charge in [-0.25, -0.2) is 0 Å². The topological polar surface area (TPSA) is 80.3 Å². The molecule has 7 heteroatoms. The summed E-state index contributed by atoms with van der Waals surface area (Å²) in [4.78, 5) is 23.4. The Morgan fingerprint density at radius 3 is 2.22 bits per heavy atom. The van der Waals surface area contributed by atoms with Gasteiger partial charge in [0.15, 0.2) is 0 Å². The third-order valence-corrected chi connectivity index (χ3v) is 3.69. The fourth-order valence-electron chi connectivity index (χ4n) is 2.55. The average Bonchev–Trinajstić information content (AvgIpc) is 2.81. The van der Waals surface area contributed by atoms with Crippen LogP contribution in [0.4, 0.5) is 0 Å². The predicted molar refractivity (Wildman–Crippen MR) is 81.9 cm³/mol.